The number of carbonyl (C=O) groups is 1. The largest absolute Gasteiger partial charge is 0.497 e. The molecule has 1 unspecified atom stereocenters. The van der Waals surface area contributed by atoms with E-state index in [2.05, 4.69) is 13.8 Å². The van der Waals surface area contributed by atoms with Crippen LogP contribution in [0.3, 0.4) is 0 Å². The second kappa shape index (κ2) is 11.8. The van der Waals surface area contributed by atoms with Crippen molar-refractivity contribution in [3.05, 3.63) is 82.7 Å². The Labute approximate surface area is 239 Å². The Morgan fingerprint density at radius 1 is 0.976 bits per heavy atom. The topological polar surface area (TPSA) is 55.8 Å². The second-order valence-electron chi connectivity index (χ2n) is 12.3. The van der Waals surface area contributed by atoms with Crippen molar-refractivity contribution < 1.29 is 32.5 Å². The van der Waals surface area contributed by atoms with E-state index in [1.807, 2.05) is 0 Å². The number of halogens is 3. The van der Waals surface area contributed by atoms with E-state index in [4.69, 9.17) is 9.47 Å². The van der Waals surface area contributed by atoms with Crippen molar-refractivity contribution in [2.24, 2.45) is 11.3 Å². The molecule has 2 saturated carbocycles. The summed E-state index contributed by atoms with van der Waals surface area (Å²) in [6.45, 7) is 4.21. The van der Waals surface area contributed by atoms with Crippen molar-refractivity contribution in [3.8, 4) is 22.6 Å². The summed E-state index contributed by atoms with van der Waals surface area (Å²) in [6, 6.07) is 11.9. The Bertz CT molecular complexity index is 1430. The van der Waals surface area contributed by atoms with E-state index in [0.29, 0.717) is 34.8 Å². The van der Waals surface area contributed by atoms with Crippen LogP contribution in [0, 0.1) is 28.8 Å². The fraction of sp³-hybridized carbons (Fsp3) is 0.441. The Morgan fingerprint density at radius 2 is 1.76 bits per heavy atom. The SMILES string of the molecule is COc1ccc(F)c(-c2cc(F)c(COc3cc(F)cc(C(CC(=O)O)CC4CC4)c3)cc2[C@@H]2CCCC2(C)C)c1. The highest BCUT2D eigenvalue weighted by atomic mass is 19.1. The van der Waals surface area contributed by atoms with Crippen LogP contribution in [0.5, 0.6) is 11.5 Å². The van der Waals surface area contributed by atoms with E-state index < -0.39 is 23.4 Å². The molecule has 2 atom stereocenters. The van der Waals surface area contributed by atoms with Gasteiger partial charge in [0, 0.05) is 17.2 Å². The monoisotopic (exact) mass is 566 g/mol. The normalized spacial score (nSPS) is 18.7. The first-order valence-corrected chi connectivity index (χ1v) is 14.4. The molecular formula is C34H37F3O4. The quantitative estimate of drug-likeness (QED) is 0.252. The van der Waals surface area contributed by atoms with Crippen LogP contribution in [0.15, 0.2) is 48.5 Å². The van der Waals surface area contributed by atoms with Gasteiger partial charge in [0.25, 0.3) is 0 Å². The molecule has 3 aromatic rings. The van der Waals surface area contributed by atoms with Gasteiger partial charge in [0.2, 0.25) is 0 Å². The average Bonchev–Trinajstić information content (AvgIpc) is 3.67. The van der Waals surface area contributed by atoms with Gasteiger partial charge < -0.3 is 14.6 Å². The number of rotatable bonds is 11. The number of carboxylic acid groups (broad SMARTS) is 1. The smallest absolute Gasteiger partial charge is 0.303 e. The van der Waals surface area contributed by atoms with E-state index in [9.17, 15) is 14.3 Å². The first kappa shape index (κ1) is 29.0. The lowest BCUT2D eigenvalue weighted by Gasteiger charge is -2.30. The molecule has 0 radical (unpaired) electrons. The molecule has 0 spiro atoms. The molecule has 41 heavy (non-hydrogen) atoms. The summed E-state index contributed by atoms with van der Waals surface area (Å²) < 4.78 is 56.6. The maximum absolute atomic E-state index is 15.6. The number of benzene rings is 3. The zero-order valence-corrected chi connectivity index (χ0v) is 23.8. The summed E-state index contributed by atoms with van der Waals surface area (Å²) >= 11 is 0. The van der Waals surface area contributed by atoms with Crippen LogP contribution in [-0.2, 0) is 11.4 Å². The Morgan fingerprint density at radius 3 is 2.41 bits per heavy atom. The molecule has 0 bridgehead atoms. The molecular weight excluding hydrogens is 529 g/mol. The van der Waals surface area contributed by atoms with Crippen molar-refractivity contribution in [3.63, 3.8) is 0 Å². The summed E-state index contributed by atoms with van der Waals surface area (Å²) in [5, 5.41) is 9.41. The third-order valence-electron chi connectivity index (χ3n) is 8.81. The van der Waals surface area contributed by atoms with Gasteiger partial charge in [-0.25, -0.2) is 13.2 Å². The molecule has 4 nitrogen and oxygen atoms in total. The molecule has 7 heteroatoms. The van der Waals surface area contributed by atoms with E-state index in [-0.39, 0.29) is 41.6 Å². The second-order valence-corrected chi connectivity index (χ2v) is 12.3. The standard InChI is InChI=1S/C34H37F3O4/c1-34(2)10-4-5-30(34)28-14-23(32(37)18-27(28)29-17-25(40-3)8-9-31(29)36)19-41-26-13-22(12-24(35)16-26)21(15-33(38)39)11-20-6-7-20/h8-9,12-14,16-18,20-21,30H,4-7,10-11,15,19H2,1-3H3,(H,38,39)/t21?,30-/m0/s1. The van der Waals surface area contributed by atoms with Crippen LogP contribution in [0.25, 0.3) is 11.1 Å². The maximum Gasteiger partial charge on any atom is 0.303 e. The summed E-state index contributed by atoms with van der Waals surface area (Å²) in [4.78, 5) is 11.5. The summed E-state index contributed by atoms with van der Waals surface area (Å²) in [5.41, 5.74) is 2.44. The van der Waals surface area contributed by atoms with Gasteiger partial charge in [-0.15, -0.1) is 0 Å². The minimum atomic E-state index is -0.931. The molecule has 218 valence electrons. The van der Waals surface area contributed by atoms with Gasteiger partial charge in [-0.05, 0) is 102 Å². The van der Waals surface area contributed by atoms with Crippen LogP contribution < -0.4 is 9.47 Å². The molecule has 0 aromatic heterocycles. The highest BCUT2D eigenvalue weighted by molar-refractivity contribution is 5.71. The fourth-order valence-electron chi connectivity index (χ4n) is 6.38. The molecule has 0 saturated heterocycles. The van der Waals surface area contributed by atoms with E-state index >= 15 is 8.78 Å². The predicted molar refractivity (Wildman–Crippen MR) is 152 cm³/mol. The molecule has 2 aliphatic rings. The lowest BCUT2D eigenvalue weighted by molar-refractivity contribution is -0.137. The highest BCUT2D eigenvalue weighted by Gasteiger charge is 2.37. The molecule has 1 N–H and O–H groups in total. The van der Waals surface area contributed by atoms with Crippen molar-refractivity contribution in [2.45, 2.75) is 77.2 Å². The zero-order valence-electron chi connectivity index (χ0n) is 23.8. The highest BCUT2D eigenvalue weighted by Crippen LogP contribution is 2.52. The lowest BCUT2D eigenvalue weighted by Crippen LogP contribution is -2.17. The van der Waals surface area contributed by atoms with E-state index in [1.54, 1.807) is 18.2 Å². The summed E-state index contributed by atoms with van der Waals surface area (Å²) in [7, 11) is 1.51. The summed E-state index contributed by atoms with van der Waals surface area (Å²) in [5.74, 6) is -1.53. The first-order chi connectivity index (χ1) is 19.5. The van der Waals surface area contributed by atoms with Gasteiger partial charge in [-0.2, -0.15) is 0 Å². The number of carboxylic acids is 1. The molecule has 0 heterocycles. The molecule has 5 rings (SSSR count). The van der Waals surface area contributed by atoms with Gasteiger partial charge in [-0.1, -0.05) is 33.1 Å². The van der Waals surface area contributed by atoms with Crippen molar-refractivity contribution in [1.82, 2.24) is 0 Å². The van der Waals surface area contributed by atoms with Crippen LogP contribution in [-0.4, -0.2) is 18.2 Å². The molecule has 2 aliphatic carbocycles. The number of aliphatic carboxylic acids is 1. The minimum Gasteiger partial charge on any atom is -0.497 e. The van der Waals surface area contributed by atoms with E-state index in [1.165, 1.54) is 37.4 Å². The van der Waals surface area contributed by atoms with Crippen LogP contribution >= 0.6 is 0 Å². The number of hydrogen-bond donors (Lipinski definition) is 1. The van der Waals surface area contributed by atoms with Gasteiger partial charge in [0.1, 0.15) is 35.6 Å². The van der Waals surface area contributed by atoms with Crippen molar-refractivity contribution in [2.75, 3.05) is 7.11 Å². The number of hydrogen-bond acceptors (Lipinski definition) is 3. The lowest BCUT2D eigenvalue weighted by atomic mass is 9.75. The van der Waals surface area contributed by atoms with Crippen LogP contribution in [0.1, 0.15) is 87.3 Å². The Balaban J connectivity index is 1.48. The van der Waals surface area contributed by atoms with Crippen LogP contribution in [0.2, 0.25) is 0 Å². The maximum atomic E-state index is 15.6. The van der Waals surface area contributed by atoms with Gasteiger partial charge >= 0.3 is 5.97 Å². The summed E-state index contributed by atoms with van der Waals surface area (Å²) in [6.07, 6.45) is 5.64. The first-order valence-electron chi connectivity index (χ1n) is 14.4. The van der Waals surface area contributed by atoms with Gasteiger partial charge in [0.05, 0.1) is 13.5 Å². The van der Waals surface area contributed by atoms with Gasteiger partial charge in [0.15, 0.2) is 0 Å². The van der Waals surface area contributed by atoms with Crippen molar-refractivity contribution in [1.29, 1.82) is 0 Å². The Kier molecular flexibility index (Phi) is 8.35. The van der Waals surface area contributed by atoms with Crippen LogP contribution in [0.4, 0.5) is 13.2 Å². The molecule has 2 fully saturated rings. The zero-order chi connectivity index (χ0) is 29.3. The minimum absolute atomic E-state index is 0.0573. The molecule has 0 aliphatic heterocycles. The number of methoxy groups -OCH3 is 1. The number of ether oxygens (including phenoxy) is 2. The average molecular weight is 567 g/mol. The van der Waals surface area contributed by atoms with Crippen molar-refractivity contribution >= 4 is 5.97 Å². The molecule has 0 amide bonds. The van der Waals surface area contributed by atoms with Gasteiger partial charge in [-0.3, -0.25) is 4.79 Å². The Hall–Kier alpha value is -3.48. The third-order valence-corrected chi connectivity index (χ3v) is 8.81. The predicted octanol–water partition coefficient (Wildman–Crippen LogP) is 9.01. The fourth-order valence-corrected chi connectivity index (χ4v) is 6.38. The third kappa shape index (κ3) is 6.71. The molecule has 3 aromatic carbocycles. The van der Waals surface area contributed by atoms with E-state index in [0.717, 1.165) is 37.7 Å².